The molecule has 3 rings (SSSR count). The average Bonchev–Trinajstić information content (AvgIpc) is 3.24. The quantitative estimate of drug-likeness (QED) is 0.340. The van der Waals surface area contributed by atoms with Gasteiger partial charge in [-0.2, -0.15) is 0 Å². The first-order valence-electron chi connectivity index (χ1n) is 12.1. The fourth-order valence-corrected chi connectivity index (χ4v) is 4.91. The van der Waals surface area contributed by atoms with E-state index >= 15 is 0 Å². The molecule has 3 heterocycles. The molecule has 0 bridgehead atoms. The summed E-state index contributed by atoms with van der Waals surface area (Å²) >= 11 is 0. The number of carbonyl (C=O) groups excluding carboxylic acids is 1. The molecule has 6 nitrogen and oxygen atoms in total. The number of piperidine rings is 1. The lowest BCUT2D eigenvalue weighted by Gasteiger charge is -2.37. The van der Waals surface area contributed by atoms with Gasteiger partial charge in [0, 0.05) is 38.5 Å². The molecule has 3 aliphatic rings. The number of hydrogen-bond donors (Lipinski definition) is 0. The third kappa shape index (κ3) is 5.60. The van der Waals surface area contributed by atoms with E-state index in [1.165, 1.54) is 12.0 Å². The molecule has 0 aromatic carbocycles. The molecule has 2 saturated heterocycles. The first kappa shape index (κ1) is 24.9. The molecule has 0 aromatic rings. The van der Waals surface area contributed by atoms with Gasteiger partial charge in [0.1, 0.15) is 17.4 Å². The van der Waals surface area contributed by atoms with Gasteiger partial charge in [0.25, 0.3) is 5.91 Å². The van der Waals surface area contributed by atoms with Crippen LogP contribution in [0.25, 0.3) is 0 Å². The highest BCUT2D eigenvalue weighted by molar-refractivity contribution is 5.99. The van der Waals surface area contributed by atoms with E-state index in [9.17, 15) is 4.79 Å². The Bertz CT molecular complexity index is 924. The Morgan fingerprint density at radius 2 is 2.03 bits per heavy atom. The van der Waals surface area contributed by atoms with Crippen molar-refractivity contribution in [1.82, 2.24) is 14.7 Å². The van der Waals surface area contributed by atoms with Crippen LogP contribution in [-0.4, -0.2) is 66.3 Å². The van der Waals surface area contributed by atoms with Crippen LogP contribution in [0.2, 0.25) is 0 Å². The van der Waals surface area contributed by atoms with Crippen molar-refractivity contribution in [3.8, 4) is 0 Å². The van der Waals surface area contributed by atoms with Crippen LogP contribution in [0.1, 0.15) is 53.4 Å². The van der Waals surface area contributed by atoms with Crippen molar-refractivity contribution in [2.24, 2.45) is 10.9 Å². The average molecular weight is 453 g/mol. The van der Waals surface area contributed by atoms with E-state index in [0.717, 1.165) is 56.1 Å². The van der Waals surface area contributed by atoms with Crippen molar-refractivity contribution in [1.29, 1.82) is 0 Å². The van der Waals surface area contributed by atoms with Crippen molar-refractivity contribution >= 4 is 11.7 Å². The molecule has 0 aromatic heterocycles. The van der Waals surface area contributed by atoms with Crippen molar-refractivity contribution in [2.45, 2.75) is 59.4 Å². The van der Waals surface area contributed by atoms with Gasteiger partial charge in [-0.15, -0.1) is 0 Å². The molecule has 6 heteroatoms. The molecule has 1 amide bonds. The lowest BCUT2D eigenvalue weighted by atomic mass is 9.94. The molecular formula is C27H40N4O2. The van der Waals surface area contributed by atoms with Gasteiger partial charge in [0.2, 0.25) is 0 Å². The Morgan fingerprint density at radius 3 is 2.67 bits per heavy atom. The van der Waals surface area contributed by atoms with Gasteiger partial charge in [0.05, 0.1) is 18.7 Å². The first-order chi connectivity index (χ1) is 15.8. The van der Waals surface area contributed by atoms with Crippen LogP contribution < -0.4 is 0 Å². The minimum absolute atomic E-state index is 0.0113. The van der Waals surface area contributed by atoms with Gasteiger partial charge in [-0.25, -0.2) is 4.99 Å². The number of aliphatic imine (C=N–C) groups is 1. The van der Waals surface area contributed by atoms with Crippen molar-refractivity contribution in [3.63, 3.8) is 0 Å². The second-order valence-corrected chi connectivity index (χ2v) is 9.48. The highest BCUT2D eigenvalue weighted by atomic mass is 16.5. The van der Waals surface area contributed by atoms with Crippen LogP contribution >= 0.6 is 0 Å². The summed E-state index contributed by atoms with van der Waals surface area (Å²) in [5.74, 6) is 3.25. The van der Waals surface area contributed by atoms with Gasteiger partial charge in [0.15, 0.2) is 0 Å². The van der Waals surface area contributed by atoms with Crippen LogP contribution in [0.15, 0.2) is 64.3 Å². The number of amidine groups is 1. The Labute approximate surface area is 199 Å². The van der Waals surface area contributed by atoms with E-state index in [0.29, 0.717) is 17.3 Å². The monoisotopic (exact) mass is 452 g/mol. The highest BCUT2D eigenvalue weighted by Gasteiger charge is 2.31. The fraction of sp³-hybridized carbons (Fsp3) is 0.556. The molecule has 0 saturated carbocycles. The Morgan fingerprint density at radius 1 is 1.27 bits per heavy atom. The summed E-state index contributed by atoms with van der Waals surface area (Å²) < 4.78 is 5.45. The summed E-state index contributed by atoms with van der Waals surface area (Å²) in [6.45, 7) is 15.4. The number of carbonyl (C=O) groups is 1. The Kier molecular flexibility index (Phi) is 8.22. The van der Waals surface area contributed by atoms with Gasteiger partial charge in [-0.3, -0.25) is 4.79 Å². The second-order valence-electron chi connectivity index (χ2n) is 9.48. The Balaban J connectivity index is 1.86. The summed E-state index contributed by atoms with van der Waals surface area (Å²) in [6.07, 6.45) is 12.1. The molecule has 3 aliphatic heterocycles. The SMILES string of the molecule is C=C(/C=C1/N=C(N2CC[C@H](C)C2)C(C)=CN1C)[C@@H]1CCCCN1C(=O)/C(C)=C(/C=C\C)OC. The van der Waals surface area contributed by atoms with Gasteiger partial charge in [-0.05, 0) is 70.1 Å². The molecule has 0 unspecified atom stereocenters. The molecule has 0 radical (unpaired) electrons. The smallest absolute Gasteiger partial charge is 0.253 e. The number of ether oxygens (including phenoxy) is 1. The maximum Gasteiger partial charge on any atom is 0.253 e. The number of nitrogens with zero attached hydrogens (tertiary/aromatic N) is 4. The molecule has 2 fully saturated rings. The number of methoxy groups -OCH3 is 1. The zero-order valence-corrected chi connectivity index (χ0v) is 21.2. The maximum absolute atomic E-state index is 13.4. The highest BCUT2D eigenvalue weighted by Crippen LogP contribution is 2.29. The molecule has 0 N–H and O–H groups in total. The minimum atomic E-state index is -0.0386. The summed E-state index contributed by atoms with van der Waals surface area (Å²) in [7, 11) is 3.63. The minimum Gasteiger partial charge on any atom is -0.496 e. The number of rotatable bonds is 5. The van der Waals surface area contributed by atoms with E-state index in [1.54, 1.807) is 7.11 Å². The molecule has 0 aliphatic carbocycles. The first-order valence-corrected chi connectivity index (χ1v) is 12.1. The largest absolute Gasteiger partial charge is 0.496 e. The molecule has 33 heavy (non-hydrogen) atoms. The van der Waals surface area contributed by atoms with E-state index in [1.807, 2.05) is 37.9 Å². The molecule has 0 spiro atoms. The zero-order valence-electron chi connectivity index (χ0n) is 21.2. The summed E-state index contributed by atoms with van der Waals surface area (Å²) in [5, 5.41) is 0. The maximum atomic E-state index is 13.4. The number of hydrogen-bond acceptors (Lipinski definition) is 5. The summed E-state index contributed by atoms with van der Waals surface area (Å²) in [4.78, 5) is 24.8. The number of likely N-dealkylation sites (tertiary alicyclic amines) is 2. The number of amides is 1. The molecule has 180 valence electrons. The van der Waals surface area contributed by atoms with E-state index in [4.69, 9.17) is 9.73 Å². The normalized spacial score (nSPS) is 25.9. The van der Waals surface area contributed by atoms with Crippen LogP contribution in [0.3, 0.4) is 0 Å². The van der Waals surface area contributed by atoms with E-state index in [2.05, 4.69) is 42.5 Å². The zero-order chi connectivity index (χ0) is 24.1. The van der Waals surface area contributed by atoms with Crippen LogP contribution in [0, 0.1) is 5.92 Å². The Hall–Kier alpha value is -2.76. The lowest BCUT2D eigenvalue weighted by Crippen LogP contribution is -2.45. The van der Waals surface area contributed by atoms with E-state index in [-0.39, 0.29) is 11.9 Å². The third-order valence-electron chi connectivity index (χ3n) is 6.78. The molecule has 2 atom stereocenters. The fourth-order valence-electron chi connectivity index (χ4n) is 4.91. The van der Waals surface area contributed by atoms with E-state index < -0.39 is 0 Å². The summed E-state index contributed by atoms with van der Waals surface area (Å²) in [6, 6.07) is -0.0386. The van der Waals surface area contributed by atoms with Crippen LogP contribution in [0.4, 0.5) is 0 Å². The molecular weight excluding hydrogens is 412 g/mol. The standard InChI is InChI=1S/C27H40N4O2/c1-8-11-24(33-7)22(5)27(32)31-14-10-9-12-23(31)20(3)16-25-28-26(21(4)18-29(25)6)30-15-13-19(2)17-30/h8,11,16,18-19,23H,3,9-10,12-15,17H2,1-2,4-7H3/b11-8-,24-22-,25-16-/t19-,23-/m0/s1. The van der Waals surface area contributed by atoms with Crippen LogP contribution in [-0.2, 0) is 9.53 Å². The van der Waals surface area contributed by atoms with Crippen molar-refractivity contribution < 1.29 is 9.53 Å². The van der Waals surface area contributed by atoms with Gasteiger partial charge < -0.3 is 19.4 Å². The van der Waals surface area contributed by atoms with Crippen molar-refractivity contribution in [3.05, 3.63) is 59.3 Å². The predicted molar refractivity (Wildman–Crippen MR) is 135 cm³/mol. The van der Waals surface area contributed by atoms with Gasteiger partial charge in [-0.1, -0.05) is 19.6 Å². The summed E-state index contributed by atoms with van der Waals surface area (Å²) in [5.41, 5.74) is 2.73. The number of allylic oxidation sites excluding steroid dienone is 2. The van der Waals surface area contributed by atoms with Gasteiger partial charge >= 0.3 is 0 Å². The lowest BCUT2D eigenvalue weighted by molar-refractivity contribution is -0.129. The predicted octanol–water partition coefficient (Wildman–Crippen LogP) is 4.85. The van der Waals surface area contributed by atoms with Crippen LogP contribution in [0.5, 0.6) is 0 Å². The topological polar surface area (TPSA) is 48.4 Å². The second kappa shape index (κ2) is 10.9. The third-order valence-corrected chi connectivity index (χ3v) is 6.78. The van der Waals surface area contributed by atoms with Crippen molar-refractivity contribution in [2.75, 3.05) is 33.8 Å².